The minimum atomic E-state index is -2.90. The van der Waals surface area contributed by atoms with Gasteiger partial charge >= 0.3 is 18.0 Å². The number of aliphatic carboxylic acids is 1. The number of hydrogen-bond donors (Lipinski definition) is 7. The van der Waals surface area contributed by atoms with E-state index in [2.05, 4.69) is 10.6 Å². The molecule has 1 heterocycles. The third-order valence-corrected chi connectivity index (χ3v) is 4.21. The number of ether oxygens (including phenoxy) is 3. The van der Waals surface area contributed by atoms with Crippen molar-refractivity contribution in [3.05, 3.63) is 0 Å². The van der Waals surface area contributed by atoms with Gasteiger partial charge in [-0.25, -0.2) is 9.59 Å². The van der Waals surface area contributed by atoms with Crippen LogP contribution in [0.2, 0.25) is 0 Å². The fraction of sp³-hybridized carbons (Fsp3) is 0.778. The Balaban J connectivity index is 2.74. The minimum Gasteiger partial charge on any atom is -0.477 e. The lowest BCUT2D eigenvalue weighted by Crippen LogP contribution is -2.67. The molecule has 1 aliphatic heterocycles. The van der Waals surface area contributed by atoms with E-state index in [1.54, 1.807) is 20.8 Å². The van der Waals surface area contributed by atoms with Gasteiger partial charge in [-0.05, 0) is 20.8 Å². The summed E-state index contributed by atoms with van der Waals surface area (Å²) in [5, 5.41) is 54.3. The first-order valence-corrected chi connectivity index (χ1v) is 9.63. The van der Waals surface area contributed by atoms with E-state index in [9.17, 15) is 39.6 Å². The van der Waals surface area contributed by atoms with Gasteiger partial charge in [-0.1, -0.05) is 0 Å². The maximum absolute atomic E-state index is 11.7. The van der Waals surface area contributed by atoms with Gasteiger partial charge in [0.05, 0.1) is 12.1 Å². The second-order valence-corrected chi connectivity index (χ2v) is 8.27. The van der Waals surface area contributed by atoms with Crippen molar-refractivity contribution < 1.29 is 58.9 Å². The minimum absolute atomic E-state index is 0.607. The SMILES string of the molecule is CC(=O)N[C@H]1[C@H]([C@H](O)[C@H](O)COC(=O)CNC(=O)OC(C)(C)C)O[C@](O)(C(=O)O)C[C@@H]1O. The zero-order valence-electron chi connectivity index (χ0n) is 18.1. The molecule has 2 amide bonds. The molecule has 7 N–H and O–H groups in total. The van der Waals surface area contributed by atoms with E-state index in [0.717, 1.165) is 6.92 Å². The summed E-state index contributed by atoms with van der Waals surface area (Å²) in [6.45, 7) is 4.52. The molecule has 0 radical (unpaired) electrons. The summed E-state index contributed by atoms with van der Waals surface area (Å²) in [6, 6.07) is -1.39. The third-order valence-electron chi connectivity index (χ3n) is 4.21. The topological polar surface area (TPSA) is 221 Å². The molecular weight excluding hydrogens is 436 g/mol. The van der Waals surface area contributed by atoms with E-state index in [1.807, 2.05) is 0 Å². The van der Waals surface area contributed by atoms with Crippen LogP contribution >= 0.6 is 0 Å². The summed E-state index contributed by atoms with van der Waals surface area (Å²) < 4.78 is 14.7. The molecule has 1 saturated heterocycles. The molecule has 0 aromatic heterocycles. The highest BCUT2D eigenvalue weighted by molar-refractivity contribution is 5.78. The predicted octanol–water partition coefficient (Wildman–Crippen LogP) is -2.80. The van der Waals surface area contributed by atoms with Crippen LogP contribution in [-0.2, 0) is 28.6 Å². The third kappa shape index (κ3) is 8.20. The Kier molecular flexibility index (Phi) is 9.35. The molecule has 1 rings (SSSR count). The Morgan fingerprint density at radius 2 is 1.81 bits per heavy atom. The quantitative estimate of drug-likeness (QED) is 0.180. The zero-order valence-corrected chi connectivity index (χ0v) is 18.1. The van der Waals surface area contributed by atoms with Gasteiger partial charge in [0.2, 0.25) is 5.91 Å². The van der Waals surface area contributed by atoms with Gasteiger partial charge in [0, 0.05) is 13.3 Å². The number of rotatable bonds is 8. The van der Waals surface area contributed by atoms with E-state index in [0.29, 0.717) is 0 Å². The number of hydrogen-bond acceptors (Lipinski definition) is 11. The van der Waals surface area contributed by atoms with Crippen molar-refractivity contribution in [2.24, 2.45) is 0 Å². The van der Waals surface area contributed by atoms with Gasteiger partial charge in [0.15, 0.2) is 0 Å². The van der Waals surface area contributed by atoms with Gasteiger partial charge in [0.25, 0.3) is 5.79 Å². The molecule has 0 bridgehead atoms. The fourth-order valence-corrected chi connectivity index (χ4v) is 2.81. The average Bonchev–Trinajstić information content (AvgIpc) is 2.64. The lowest BCUT2D eigenvalue weighted by molar-refractivity contribution is -0.295. The predicted molar refractivity (Wildman–Crippen MR) is 103 cm³/mol. The second kappa shape index (κ2) is 10.9. The van der Waals surface area contributed by atoms with Gasteiger partial charge in [-0.3, -0.25) is 9.59 Å². The molecule has 32 heavy (non-hydrogen) atoms. The van der Waals surface area contributed by atoms with Crippen LogP contribution in [0.1, 0.15) is 34.1 Å². The maximum atomic E-state index is 11.7. The molecule has 0 aromatic rings. The fourth-order valence-electron chi connectivity index (χ4n) is 2.81. The van der Waals surface area contributed by atoms with Crippen LogP contribution in [0.25, 0.3) is 0 Å². The van der Waals surface area contributed by atoms with Crippen molar-refractivity contribution in [3.8, 4) is 0 Å². The van der Waals surface area contributed by atoms with Gasteiger partial charge in [-0.2, -0.15) is 0 Å². The van der Waals surface area contributed by atoms with Crippen molar-refractivity contribution in [2.75, 3.05) is 13.2 Å². The monoisotopic (exact) mass is 466 g/mol. The lowest BCUT2D eigenvalue weighted by atomic mass is 9.88. The highest BCUT2D eigenvalue weighted by Gasteiger charge is 2.54. The van der Waals surface area contributed by atoms with Crippen LogP contribution < -0.4 is 10.6 Å². The number of alkyl carbamates (subject to hydrolysis) is 1. The van der Waals surface area contributed by atoms with Crippen molar-refractivity contribution in [1.82, 2.24) is 10.6 Å². The Hall–Kier alpha value is -2.52. The van der Waals surface area contributed by atoms with Crippen LogP contribution in [0, 0.1) is 0 Å². The number of aliphatic hydroxyl groups excluding tert-OH is 3. The van der Waals surface area contributed by atoms with Crippen molar-refractivity contribution in [3.63, 3.8) is 0 Å². The Morgan fingerprint density at radius 3 is 2.31 bits per heavy atom. The van der Waals surface area contributed by atoms with E-state index in [-0.39, 0.29) is 0 Å². The Labute approximate surface area is 183 Å². The normalized spacial score (nSPS) is 27.6. The highest BCUT2D eigenvalue weighted by atomic mass is 16.7. The lowest BCUT2D eigenvalue weighted by Gasteiger charge is -2.44. The second-order valence-electron chi connectivity index (χ2n) is 8.27. The number of aliphatic hydroxyl groups is 4. The molecule has 0 spiro atoms. The molecule has 0 aromatic carbocycles. The van der Waals surface area contributed by atoms with Crippen LogP contribution in [0.3, 0.4) is 0 Å². The van der Waals surface area contributed by atoms with E-state index >= 15 is 0 Å². The standard InChI is InChI=1S/C18H30N2O12/c1-8(21)20-12-9(22)5-18(29,15(26)27)31-14(12)13(25)10(23)7-30-11(24)6-19-16(28)32-17(2,3)4/h9-10,12-14,22-23,25,29H,5-7H2,1-4H3,(H,19,28)(H,20,21)(H,26,27)/t9-,10+,12+,13+,14+,18-/m0/s1. The molecule has 14 nitrogen and oxygen atoms in total. The van der Waals surface area contributed by atoms with Gasteiger partial charge in [0.1, 0.15) is 37.1 Å². The summed E-state index contributed by atoms with van der Waals surface area (Å²) in [6.07, 6.45) is -9.01. The Morgan fingerprint density at radius 1 is 1.22 bits per heavy atom. The number of esters is 1. The number of carbonyl (C=O) groups excluding carboxylic acids is 3. The summed E-state index contributed by atoms with van der Waals surface area (Å²) in [5.74, 6) is -6.41. The summed E-state index contributed by atoms with van der Waals surface area (Å²) >= 11 is 0. The zero-order chi connectivity index (χ0) is 24.9. The maximum Gasteiger partial charge on any atom is 0.408 e. The summed E-state index contributed by atoms with van der Waals surface area (Å²) in [7, 11) is 0. The van der Waals surface area contributed by atoms with Gasteiger partial charge < -0.3 is 50.4 Å². The van der Waals surface area contributed by atoms with E-state index < -0.39 is 85.4 Å². The summed E-state index contributed by atoms with van der Waals surface area (Å²) in [5.41, 5.74) is -0.790. The van der Waals surface area contributed by atoms with Crippen LogP contribution in [0.15, 0.2) is 0 Å². The molecule has 0 aliphatic carbocycles. The van der Waals surface area contributed by atoms with E-state index in [4.69, 9.17) is 19.3 Å². The molecule has 184 valence electrons. The van der Waals surface area contributed by atoms with Crippen LogP contribution in [-0.4, -0.2) is 104 Å². The largest absolute Gasteiger partial charge is 0.477 e. The molecule has 1 aliphatic rings. The average molecular weight is 466 g/mol. The molecule has 0 unspecified atom stereocenters. The number of carboxylic acid groups (broad SMARTS) is 1. The molecule has 14 heteroatoms. The molecule has 1 fully saturated rings. The first kappa shape index (κ1) is 27.5. The number of nitrogens with one attached hydrogen (secondary N) is 2. The number of carbonyl (C=O) groups is 4. The van der Waals surface area contributed by atoms with Crippen LogP contribution in [0.4, 0.5) is 4.79 Å². The number of carboxylic acids is 1. The highest BCUT2D eigenvalue weighted by Crippen LogP contribution is 2.30. The number of amides is 2. The van der Waals surface area contributed by atoms with Crippen molar-refractivity contribution in [1.29, 1.82) is 0 Å². The first-order valence-electron chi connectivity index (χ1n) is 9.63. The first-order chi connectivity index (χ1) is 14.6. The smallest absolute Gasteiger partial charge is 0.408 e. The van der Waals surface area contributed by atoms with Crippen molar-refractivity contribution >= 4 is 23.9 Å². The van der Waals surface area contributed by atoms with Crippen molar-refractivity contribution in [2.45, 2.75) is 76.0 Å². The Bertz CT molecular complexity index is 709. The van der Waals surface area contributed by atoms with E-state index in [1.165, 1.54) is 0 Å². The molecule has 0 saturated carbocycles. The molecule has 6 atom stereocenters. The molecular formula is C18H30N2O12. The summed E-state index contributed by atoms with van der Waals surface area (Å²) in [4.78, 5) is 45.9. The van der Waals surface area contributed by atoms with Gasteiger partial charge in [-0.15, -0.1) is 0 Å². The van der Waals surface area contributed by atoms with Crippen LogP contribution in [0.5, 0.6) is 0 Å².